The Kier molecular flexibility index (Phi) is 5.33. The lowest BCUT2D eigenvalue weighted by Gasteiger charge is -2.10. The Morgan fingerprint density at radius 3 is 2.55 bits per heavy atom. The van der Waals surface area contributed by atoms with Crippen molar-refractivity contribution in [3.8, 4) is 0 Å². The van der Waals surface area contributed by atoms with Crippen molar-refractivity contribution in [2.24, 2.45) is 5.92 Å². The van der Waals surface area contributed by atoms with Gasteiger partial charge in [0.25, 0.3) is 5.91 Å². The highest BCUT2D eigenvalue weighted by Crippen LogP contribution is 2.18. The predicted octanol–water partition coefficient (Wildman–Crippen LogP) is 3.57. The van der Waals surface area contributed by atoms with Crippen LogP contribution in [0.5, 0.6) is 0 Å². The molecule has 0 atom stereocenters. The molecule has 0 saturated heterocycles. The van der Waals surface area contributed by atoms with Crippen LogP contribution in [0.1, 0.15) is 30.2 Å². The minimum absolute atomic E-state index is 0.196. The van der Waals surface area contributed by atoms with Gasteiger partial charge in [-0.2, -0.15) is 0 Å². The first-order chi connectivity index (χ1) is 10.4. The molecule has 1 aromatic carbocycles. The van der Waals surface area contributed by atoms with Gasteiger partial charge in [-0.25, -0.2) is 9.97 Å². The molecule has 0 spiro atoms. The van der Waals surface area contributed by atoms with Crippen LogP contribution < -0.4 is 10.6 Å². The van der Waals surface area contributed by atoms with E-state index in [0.29, 0.717) is 34.8 Å². The van der Waals surface area contributed by atoms with Gasteiger partial charge in [-0.15, -0.1) is 0 Å². The Balaban J connectivity index is 2.15. The topological polar surface area (TPSA) is 66.9 Å². The number of nitrogens with one attached hydrogen (secondary N) is 2. The maximum atomic E-state index is 12.1. The smallest absolute Gasteiger partial charge is 0.270 e. The maximum Gasteiger partial charge on any atom is 0.270 e. The first-order valence-corrected chi connectivity index (χ1v) is 7.48. The van der Waals surface area contributed by atoms with Crippen LogP contribution in [0.2, 0.25) is 5.02 Å². The van der Waals surface area contributed by atoms with Crippen molar-refractivity contribution in [3.05, 3.63) is 46.9 Å². The minimum Gasteiger partial charge on any atom is -0.350 e. The average Bonchev–Trinajstić information content (AvgIpc) is 2.46. The number of benzene rings is 1. The number of hydrogen-bond acceptors (Lipinski definition) is 4. The SMILES string of the molecule is Cc1nc(Nc2ccc(Cl)cc2)cc(C(=O)NCC(C)C)n1. The van der Waals surface area contributed by atoms with Gasteiger partial charge >= 0.3 is 0 Å². The summed E-state index contributed by atoms with van der Waals surface area (Å²) in [5.74, 6) is 1.30. The number of aryl methyl sites for hydroxylation is 1. The average molecular weight is 319 g/mol. The normalized spacial score (nSPS) is 10.6. The summed E-state index contributed by atoms with van der Waals surface area (Å²) in [6.07, 6.45) is 0. The lowest BCUT2D eigenvalue weighted by molar-refractivity contribution is 0.0943. The van der Waals surface area contributed by atoms with Gasteiger partial charge in [0, 0.05) is 23.3 Å². The fourth-order valence-corrected chi connectivity index (χ4v) is 1.94. The van der Waals surface area contributed by atoms with E-state index in [-0.39, 0.29) is 5.91 Å². The molecule has 0 unspecified atom stereocenters. The lowest BCUT2D eigenvalue weighted by Crippen LogP contribution is -2.28. The molecule has 5 nitrogen and oxygen atoms in total. The largest absolute Gasteiger partial charge is 0.350 e. The molecule has 0 bridgehead atoms. The van der Waals surface area contributed by atoms with Gasteiger partial charge in [0.05, 0.1) is 0 Å². The molecule has 1 aromatic heterocycles. The number of anilines is 2. The molecule has 2 N–H and O–H groups in total. The van der Waals surface area contributed by atoms with E-state index in [4.69, 9.17) is 11.6 Å². The van der Waals surface area contributed by atoms with Crippen LogP contribution in [0, 0.1) is 12.8 Å². The summed E-state index contributed by atoms with van der Waals surface area (Å²) in [7, 11) is 0. The number of aromatic nitrogens is 2. The molecule has 0 radical (unpaired) electrons. The molecule has 22 heavy (non-hydrogen) atoms. The standard InChI is InChI=1S/C16H19ClN4O/c1-10(2)9-18-16(22)14-8-15(20-11(3)19-14)21-13-6-4-12(17)5-7-13/h4-8,10H,9H2,1-3H3,(H,18,22)(H,19,20,21). The van der Waals surface area contributed by atoms with Crippen LogP contribution in [0.4, 0.5) is 11.5 Å². The van der Waals surface area contributed by atoms with Crippen LogP contribution >= 0.6 is 11.6 Å². The second-order valence-corrected chi connectivity index (χ2v) is 5.86. The second-order valence-electron chi connectivity index (χ2n) is 5.42. The Bertz CT molecular complexity index is 656. The zero-order valence-corrected chi connectivity index (χ0v) is 13.6. The van der Waals surface area contributed by atoms with Crippen molar-refractivity contribution in [1.82, 2.24) is 15.3 Å². The van der Waals surface area contributed by atoms with E-state index in [1.807, 2.05) is 26.0 Å². The number of amides is 1. The molecule has 0 saturated carbocycles. The van der Waals surface area contributed by atoms with E-state index in [1.54, 1.807) is 25.1 Å². The Morgan fingerprint density at radius 2 is 1.91 bits per heavy atom. The Morgan fingerprint density at radius 1 is 1.23 bits per heavy atom. The first-order valence-electron chi connectivity index (χ1n) is 7.10. The molecular formula is C16H19ClN4O. The van der Waals surface area contributed by atoms with Gasteiger partial charge in [0.1, 0.15) is 17.3 Å². The summed E-state index contributed by atoms with van der Waals surface area (Å²) in [5.41, 5.74) is 1.20. The molecular weight excluding hydrogens is 300 g/mol. The highest BCUT2D eigenvalue weighted by atomic mass is 35.5. The number of hydrogen-bond donors (Lipinski definition) is 2. The molecule has 2 rings (SSSR count). The van der Waals surface area contributed by atoms with E-state index in [9.17, 15) is 4.79 Å². The molecule has 0 aliphatic heterocycles. The summed E-state index contributed by atoms with van der Waals surface area (Å²) in [5, 5.41) is 6.66. The molecule has 0 aliphatic rings. The number of halogens is 1. The Labute approximate surface area is 135 Å². The van der Waals surface area contributed by atoms with Crippen molar-refractivity contribution in [2.75, 3.05) is 11.9 Å². The predicted molar refractivity (Wildman–Crippen MR) is 88.7 cm³/mol. The fourth-order valence-electron chi connectivity index (χ4n) is 1.82. The number of carbonyl (C=O) groups is 1. The van der Waals surface area contributed by atoms with E-state index in [2.05, 4.69) is 20.6 Å². The van der Waals surface area contributed by atoms with Crippen LogP contribution in [0.25, 0.3) is 0 Å². The highest BCUT2D eigenvalue weighted by molar-refractivity contribution is 6.30. The summed E-state index contributed by atoms with van der Waals surface area (Å²) < 4.78 is 0. The summed E-state index contributed by atoms with van der Waals surface area (Å²) in [6, 6.07) is 8.90. The summed E-state index contributed by atoms with van der Waals surface area (Å²) >= 11 is 5.86. The maximum absolute atomic E-state index is 12.1. The van der Waals surface area contributed by atoms with Crippen molar-refractivity contribution < 1.29 is 4.79 Å². The fraction of sp³-hybridized carbons (Fsp3) is 0.312. The zero-order valence-electron chi connectivity index (χ0n) is 12.9. The first kappa shape index (κ1) is 16.2. The summed E-state index contributed by atoms with van der Waals surface area (Å²) in [4.78, 5) is 20.6. The van der Waals surface area contributed by atoms with Gasteiger partial charge in [-0.1, -0.05) is 25.4 Å². The van der Waals surface area contributed by atoms with E-state index >= 15 is 0 Å². The van der Waals surface area contributed by atoms with Crippen LogP contribution in [0.3, 0.4) is 0 Å². The Hall–Kier alpha value is -2.14. The molecule has 0 aliphatic carbocycles. The number of carbonyl (C=O) groups excluding carboxylic acids is 1. The van der Waals surface area contributed by atoms with E-state index in [1.165, 1.54) is 0 Å². The monoisotopic (exact) mass is 318 g/mol. The lowest BCUT2D eigenvalue weighted by atomic mass is 10.2. The molecule has 1 amide bonds. The van der Waals surface area contributed by atoms with Crippen LogP contribution in [-0.2, 0) is 0 Å². The van der Waals surface area contributed by atoms with E-state index in [0.717, 1.165) is 5.69 Å². The van der Waals surface area contributed by atoms with Crippen molar-refractivity contribution >= 4 is 29.0 Å². The second kappa shape index (κ2) is 7.22. The van der Waals surface area contributed by atoms with Gasteiger partial charge in [-0.05, 0) is 37.1 Å². The van der Waals surface area contributed by atoms with Gasteiger partial charge < -0.3 is 10.6 Å². The molecule has 0 fully saturated rings. The summed E-state index contributed by atoms with van der Waals surface area (Å²) in [6.45, 7) is 6.45. The van der Waals surface area contributed by atoms with Crippen molar-refractivity contribution in [1.29, 1.82) is 0 Å². The quantitative estimate of drug-likeness (QED) is 0.884. The number of rotatable bonds is 5. The van der Waals surface area contributed by atoms with Crippen LogP contribution in [0.15, 0.2) is 30.3 Å². The van der Waals surface area contributed by atoms with Crippen LogP contribution in [-0.4, -0.2) is 22.4 Å². The van der Waals surface area contributed by atoms with Crippen molar-refractivity contribution in [3.63, 3.8) is 0 Å². The molecule has 6 heteroatoms. The van der Waals surface area contributed by atoms with Gasteiger partial charge in [0.2, 0.25) is 0 Å². The van der Waals surface area contributed by atoms with Crippen molar-refractivity contribution in [2.45, 2.75) is 20.8 Å². The third kappa shape index (κ3) is 4.70. The highest BCUT2D eigenvalue weighted by Gasteiger charge is 2.11. The molecule has 1 heterocycles. The van der Waals surface area contributed by atoms with Gasteiger partial charge in [-0.3, -0.25) is 4.79 Å². The molecule has 116 valence electrons. The number of nitrogens with zero attached hydrogens (tertiary/aromatic N) is 2. The van der Waals surface area contributed by atoms with Gasteiger partial charge in [0.15, 0.2) is 0 Å². The van der Waals surface area contributed by atoms with E-state index < -0.39 is 0 Å². The molecule has 2 aromatic rings. The minimum atomic E-state index is -0.196. The zero-order chi connectivity index (χ0) is 16.1. The third-order valence-corrected chi connectivity index (χ3v) is 3.11. The third-order valence-electron chi connectivity index (χ3n) is 2.86.